The van der Waals surface area contributed by atoms with Gasteiger partial charge in [-0.15, -0.1) is 0 Å². The number of ether oxygens (including phenoxy) is 1. The Hall–Kier alpha value is -2.56. The van der Waals surface area contributed by atoms with Crippen molar-refractivity contribution >= 4 is 16.7 Å². The number of nitrogens with zero attached hydrogens (tertiary/aromatic N) is 1. The Morgan fingerprint density at radius 2 is 2.10 bits per heavy atom. The Kier molecular flexibility index (Phi) is 2.60. The van der Waals surface area contributed by atoms with E-state index in [9.17, 15) is 4.39 Å². The van der Waals surface area contributed by atoms with Gasteiger partial charge in [-0.3, -0.25) is 0 Å². The number of aromatic amines is 1. The molecule has 1 aromatic carbocycles. The fourth-order valence-corrected chi connectivity index (χ4v) is 2.57. The highest BCUT2D eigenvalue weighted by Gasteiger charge is 2.28. The van der Waals surface area contributed by atoms with Gasteiger partial charge in [-0.25, -0.2) is 9.37 Å². The van der Waals surface area contributed by atoms with Crippen LogP contribution in [0.4, 0.5) is 10.1 Å². The average molecular weight is 283 g/mol. The molecule has 0 amide bonds. The van der Waals surface area contributed by atoms with Crippen molar-refractivity contribution in [2.45, 2.75) is 18.8 Å². The van der Waals surface area contributed by atoms with Gasteiger partial charge in [-0.2, -0.15) is 0 Å². The van der Waals surface area contributed by atoms with Crippen molar-refractivity contribution in [3.63, 3.8) is 0 Å². The smallest absolute Gasteiger partial charge is 0.167 e. The van der Waals surface area contributed by atoms with Crippen LogP contribution in [0.5, 0.6) is 11.5 Å². The number of halogens is 1. The molecule has 21 heavy (non-hydrogen) atoms. The van der Waals surface area contributed by atoms with E-state index in [-0.39, 0.29) is 5.75 Å². The standard InChI is InChI=1S/C16H14FN3O/c17-12-7-10(18)3-4-13(12)21-14-5-6-19-16-15(14)11(8-20-16)9-1-2-9/h3-9H,1-2,18H2,(H,19,20). The fraction of sp³-hybridized carbons (Fsp3) is 0.188. The summed E-state index contributed by atoms with van der Waals surface area (Å²) in [6.07, 6.45) is 5.98. The van der Waals surface area contributed by atoms with E-state index in [0.717, 1.165) is 11.0 Å². The molecular weight excluding hydrogens is 269 g/mol. The summed E-state index contributed by atoms with van der Waals surface area (Å²) in [4.78, 5) is 7.46. The zero-order chi connectivity index (χ0) is 14.4. The van der Waals surface area contributed by atoms with Gasteiger partial charge in [-0.05, 0) is 42.5 Å². The first-order chi connectivity index (χ1) is 10.2. The third-order valence-corrected chi connectivity index (χ3v) is 3.76. The molecule has 0 radical (unpaired) electrons. The quantitative estimate of drug-likeness (QED) is 0.715. The molecule has 1 aliphatic rings. The Morgan fingerprint density at radius 1 is 1.24 bits per heavy atom. The molecule has 3 aromatic rings. The number of pyridine rings is 1. The second kappa shape index (κ2) is 4.48. The minimum Gasteiger partial charge on any atom is -0.453 e. The second-order valence-electron chi connectivity index (χ2n) is 5.34. The van der Waals surface area contributed by atoms with Crippen molar-refractivity contribution in [2.24, 2.45) is 0 Å². The van der Waals surface area contributed by atoms with Crippen LogP contribution >= 0.6 is 0 Å². The molecule has 106 valence electrons. The molecule has 0 spiro atoms. The molecule has 0 unspecified atom stereocenters. The lowest BCUT2D eigenvalue weighted by Gasteiger charge is -2.09. The monoisotopic (exact) mass is 283 g/mol. The molecule has 1 aliphatic carbocycles. The number of nitrogens with one attached hydrogen (secondary N) is 1. The number of aromatic nitrogens is 2. The molecule has 0 bridgehead atoms. The number of benzene rings is 1. The van der Waals surface area contributed by atoms with Crippen molar-refractivity contribution < 1.29 is 9.13 Å². The van der Waals surface area contributed by atoms with E-state index >= 15 is 0 Å². The predicted octanol–water partition coefficient (Wildman–Crippen LogP) is 3.95. The number of nitrogens with two attached hydrogens (primary N) is 1. The Balaban J connectivity index is 1.80. The van der Waals surface area contributed by atoms with Crippen LogP contribution in [0.15, 0.2) is 36.7 Å². The van der Waals surface area contributed by atoms with E-state index in [1.165, 1.54) is 24.5 Å². The Bertz CT molecular complexity index is 824. The first-order valence-electron chi connectivity index (χ1n) is 6.91. The third kappa shape index (κ3) is 2.11. The van der Waals surface area contributed by atoms with E-state index in [0.29, 0.717) is 17.4 Å². The van der Waals surface area contributed by atoms with Crippen LogP contribution in [0.3, 0.4) is 0 Å². The van der Waals surface area contributed by atoms with Crippen molar-refractivity contribution in [2.75, 3.05) is 5.73 Å². The summed E-state index contributed by atoms with van der Waals surface area (Å²) >= 11 is 0. The number of H-pyrrole nitrogens is 1. The first kappa shape index (κ1) is 12.2. The van der Waals surface area contributed by atoms with Gasteiger partial charge in [0, 0.05) is 24.1 Å². The summed E-state index contributed by atoms with van der Waals surface area (Å²) in [6, 6.07) is 6.18. The van der Waals surface area contributed by atoms with Crippen molar-refractivity contribution in [3.8, 4) is 11.5 Å². The molecular formula is C16H14FN3O. The highest BCUT2D eigenvalue weighted by atomic mass is 19.1. The zero-order valence-corrected chi connectivity index (χ0v) is 11.3. The van der Waals surface area contributed by atoms with Gasteiger partial charge >= 0.3 is 0 Å². The fourth-order valence-electron chi connectivity index (χ4n) is 2.57. The van der Waals surface area contributed by atoms with Crippen LogP contribution in [-0.2, 0) is 0 Å². The maximum Gasteiger partial charge on any atom is 0.167 e. The maximum absolute atomic E-state index is 13.9. The SMILES string of the molecule is Nc1ccc(Oc2ccnc3[nH]cc(C4CC4)c23)c(F)c1. The summed E-state index contributed by atoms with van der Waals surface area (Å²) in [5.74, 6) is 0.872. The van der Waals surface area contributed by atoms with Crippen LogP contribution in [-0.4, -0.2) is 9.97 Å². The molecule has 5 heteroatoms. The molecule has 3 N–H and O–H groups in total. The molecule has 0 atom stereocenters. The maximum atomic E-state index is 13.9. The minimum atomic E-state index is -0.469. The summed E-state index contributed by atoms with van der Waals surface area (Å²) in [5, 5.41) is 0.941. The number of hydrogen-bond donors (Lipinski definition) is 2. The molecule has 4 nitrogen and oxygen atoms in total. The van der Waals surface area contributed by atoms with Gasteiger partial charge in [0.2, 0.25) is 0 Å². The number of anilines is 1. The second-order valence-corrected chi connectivity index (χ2v) is 5.34. The molecule has 0 saturated heterocycles. The summed E-state index contributed by atoms with van der Waals surface area (Å²) in [7, 11) is 0. The zero-order valence-electron chi connectivity index (χ0n) is 11.3. The summed E-state index contributed by atoms with van der Waals surface area (Å²) in [6.45, 7) is 0. The summed E-state index contributed by atoms with van der Waals surface area (Å²) in [5.41, 5.74) is 7.90. The topological polar surface area (TPSA) is 63.9 Å². The molecule has 2 aromatic heterocycles. The van der Waals surface area contributed by atoms with E-state index in [4.69, 9.17) is 10.5 Å². The van der Waals surface area contributed by atoms with Crippen molar-refractivity contribution in [3.05, 3.63) is 48.0 Å². The first-order valence-corrected chi connectivity index (χ1v) is 6.91. The van der Waals surface area contributed by atoms with Crippen LogP contribution < -0.4 is 10.5 Å². The average Bonchev–Trinajstić information content (AvgIpc) is 3.22. The van der Waals surface area contributed by atoms with Crippen molar-refractivity contribution in [1.29, 1.82) is 0 Å². The number of nitrogen functional groups attached to an aromatic ring is 1. The Labute approximate surface area is 120 Å². The normalized spacial score (nSPS) is 14.5. The van der Waals surface area contributed by atoms with Gasteiger partial charge < -0.3 is 15.5 Å². The lowest BCUT2D eigenvalue weighted by atomic mass is 10.1. The van der Waals surface area contributed by atoms with Gasteiger partial charge in [0.1, 0.15) is 11.4 Å². The van der Waals surface area contributed by atoms with E-state index in [1.54, 1.807) is 24.4 Å². The number of rotatable bonds is 3. The van der Waals surface area contributed by atoms with Gasteiger partial charge in [-0.1, -0.05) is 0 Å². The van der Waals surface area contributed by atoms with Gasteiger partial charge in [0.25, 0.3) is 0 Å². The molecule has 1 saturated carbocycles. The van der Waals surface area contributed by atoms with Gasteiger partial charge in [0.05, 0.1) is 5.39 Å². The van der Waals surface area contributed by atoms with E-state index in [1.807, 2.05) is 6.20 Å². The molecule has 4 rings (SSSR count). The van der Waals surface area contributed by atoms with Gasteiger partial charge in [0.15, 0.2) is 11.6 Å². The van der Waals surface area contributed by atoms with E-state index < -0.39 is 5.82 Å². The summed E-state index contributed by atoms with van der Waals surface area (Å²) < 4.78 is 19.7. The largest absolute Gasteiger partial charge is 0.453 e. The molecule has 0 aliphatic heterocycles. The minimum absolute atomic E-state index is 0.166. The third-order valence-electron chi connectivity index (χ3n) is 3.76. The Morgan fingerprint density at radius 3 is 2.86 bits per heavy atom. The predicted molar refractivity (Wildman–Crippen MR) is 79.0 cm³/mol. The van der Waals surface area contributed by atoms with Crippen LogP contribution in [0.1, 0.15) is 24.3 Å². The van der Waals surface area contributed by atoms with Crippen LogP contribution in [0.2, 0.25) is 0 Å². The van der Waals surface area contributed by atoms with Crippen LogP contribution in [0.25, 0.3) is 11.0 Å². The highest BCUT2D eigenvalue weighted by molar-refractivity contribution is 5.87. The molecule has 2 heterocycles. The van der Waals surface area contributed by atoms with Crippen molar-refractivity contribution in [1.82, 2.24) is 9.97 Å². The number of fused-ring (bicyclic) bond motifs is 1. The van der Waals surface area contributed by atoms with Crippen LogP contribution in [0, 0.1) is 5.82 Å². The highest BCUT2D eigenvalue weighted by Crippen LogP contribution is 2.45. The lowest BCUT2D eigenvalue weighted by Crippen LogP contribution is -1.93. The van der Waals surface area contributed by atoms with E-state index in [2.05, 4.69) is 9.97 Å². The number of hydrogen-bond acceptors (Lipinski definition) is 3. The lowest BCUT2D eigenvalue weighted by molar-refractivity contribution is 0.446. The molecule has 1 fully saturated rings.